The quantitative estimate of drug-likeness (QED) is 0.920. The van der Waals surface area contributed by atoms with Crippen LogP contribution < -0.4 is 9.46 Å². The summed E-state index contributed by atoms with van der Waals surface area (Å²) in [5.74, 6) is -0.729. The molecule has 112 valence electrons. The molecule has 1 aromatic carbocycles. The Kier molecular flexibility index (Phi) is 4.54. The van der Waals surface area contributed by atoms with Crippen LogP contribution in [-0.2, 0) is 10.0 Å². The van der Waals surface area contributed by atoms with Crippen LogP contribution >= 0.6 is 0 Å². The summed E-state index contributed by atoms with van der Waals surface area (Å²) >= 11 is 0. The molecule has 2 aromatic rings. The minimum atomic E-state index is -3.82. The third-order valence-electron chi connectivity index (χ3n) is 2.97. The minimum Gasteiger partial charge on any atom is -0.494 e. The van der Waals surface area contributed by atoms with Gasteiger partial charge in [0.15, 0.2) is 11.6 Å². The lowest BCUT2D eigenvalue weighted by molar-refractivity contribution is 0.385. The number of sulfonamides is 1. The summed E-state index contributed by atoms with van der Waals surface area (Å²) in [5.41, 5.74) is 0.766. The number of hydrogen-bond acceptors (Lipinski definition) is 4. The highest BCUT2D eigenvalue weighted by atomic mass is 32.2. The van der Waals surface area contributed by atoms with Gasteiger partial charge in [-0.1, -0.05) is 0 Å². The van der Waals surface area contributed by atoms with Gasteiger partial charge in [0.2, 0.25) is 10.0 Å². The molecule has 7 heteroatoms. The van der Waals surface area contributed by atoms with Crippen LogP contribution in [0.25, 0.3) is 0 Å². The van der Waals surface area contributed by atoms with E-state index in [-0.39, 0.29) is 10.6 Å². The van der Waals surface area contributed by atoms with Crippen LogP contribution in [0.15, 0.2) is 47.6 Å². The van der Waals surface area contributed by atoms with Gasteiger partial charge in [-0.15, -0.1) is 0 Å². The zero-order valence-electron chi connectivity index (χ0n) is 11.6. The summed E-state index contributed by atoms with van der Waals surface area (Å²) in [4.78, 5) is 3.72. The molecule has 0 spiro atoms. The van der Waals surface area contributed by atoms with Crippen molar-refractivity contribution in [2.75, 3.05) is 7.11 Å². The number of benzene rings is 1. The fourth-order valence-corrected chi connectivity index (χ4v) is 3.08. The van der Waals surface area contributed by atoms with Crippen molar-refractivity contribution in [2.24, 2.45) is 0 Å². The van der Waals surface area contributed by atoms with Crippen molar-refractivity contribution in [3.05, 3.63) is 54.1 Å². The van der Waals surface area contributed by atoms with E-state index in [1.807, 2.05) is 0 Å². The van der Waals surface area contributed by atoms with Gasteiger partial charge in [0.05, 0.1) is 12.0 Å². The molecular formula is C14H15FN2O3S. The summed E-state index contributed by atoms with van der Waals surface area (Å²) in [6, 6.07) is 6.47. The molecule has 1 aromatic heterocycles. The molecule has 0 radical (unpaired) electrons. The third-order valence-corrected chi connectivity index (χ3v) is 4.51. The summed E-state index contributed by atoms with van der Waals surface area (Å²) in [6.45, 7) is 1.70. The largest absolute Gasteiger partial charge is 0.494 e. The normalized spacial score (nSPS) is 12.9. The first-order valence-electron chi connectivity index (χ1n) is 6.20. The number of ether oxygens (including phenoxy) is 1. The van der Waals surface area contributed by atoms with E-state index in [4.69, 9.17) is 4.74 Å². The van der Waals surface area contributed by atoms with Crippen molar-refractivity contribution in [3.8, 4) is 5.75 Å². The van der Waals surface area contributed by atoms with Gasteiger partial charge in [0, 0.05) is 18.4 Å². The van der Waals surface area contributed by atoms with Crippen LogP contribution in [0.4, 0.5) is 4.39 Å². The molecule has 0 fully saturated rings. The van der Waals surface area contributed by atoms with Gasteiger partial charge in [-0.05, 0) is 42.8 Å². The molecule has 0 amide bonds. The Labute approximate surface area is 122 Å². The van der Waals surface area contributed by atoms with E-state index >= 15 is 0 Å². The van der Waals surface area contributed by atoms with Gasteiger partial charge >= 0.3 is 0 Å². The van der Waals surface area contributed by atoms with Gasteiger partial charge in [0.25, 0.3) is 0 Å². The molecule has 0 aliphatic rings. The number of hydrogen-bond donors (Lipinski definition) is 1. The molecular weight excluding hydrogens is 295 g/mol. The summed E-state index contributed by atoms with van der Waals surface area (Å²) in [7, 11) is -2.51. The Hall–Kier alpha value is -1.99. The highest BCUT2D eigenvalue weighted by molar-refractivity contribution is 7.89. The topological polar surface area (TPSA) is 68.3 Å². The standard InChI is InChI=1S/C14H15FN2O3S/c1-10(11-5-7-16-8-6-11)17-21(18,19)12-3-4-14(20-2)13(15)9-12/h3-10,17H,1-2H3/t10-/m0/s1. The lowest BCUT2D eigenvalue weighted by Crippen LogP contribution is -2.27. The Bertz CT molecular complexity index is 720. The van der Waals surface area contributed by atoms with Crippen LogP contribution in [0.3, 0.4) is 0 Å². The smallest absolute Gasteiger partial charge is 0.241 e. The maximum Gasteiger partial charge on any atom is 0.241 e. The maximum atomic E-state index is 13.6. The first-order valence-corrected chi connectivity index (χ1v) is 7.68. The number of nitrogens with one attached hydrogen (secondary N) is 1. The first kappa shape index (κ1) is 15.4. The van der Waals surface area contributed by atoms with Crippen molar-refractivity contribution >= 4 is 10.0 Å². The number of halogens is 1. The predicted octanol–water partition coefficient (Wildman–Crippen LogP) is 2.27. The van der Waals surface area contributed by atoms with Crippen molar-refractivity contribution in [1.29, 1.82) is 0 Å². The second-order valence-corrected chi connectivity index (χ2v) is 6.13. The van der Waals surface area contributed by atoms with E-state index in [1.54, 1.807) is 31.5 Å². The fraction of sp³-hybridized carbons (Fsp3) is 0.214. The molecule has 1 N–H and O–H groups in total. The SMILES string of the molecule is COc1ccc(S(=O)(=O)N[C@@H](C)c2ccncc2)cc1F. The average Bonchev–Trinajstić information content (AvgIpc) is 2.47. The van der Waals surface area contributed by atoms with Gasteiger partial charge < -0.3 is 4.74 Å². The maximum absolute atomic E-state index is 13.6. The predicted molar refractivity (Wildman–Crippen MR) is 75.9 cm³/mol. The molecule has 1 atom stereocenters. The molecule has 1 heterocycles. The minimum absolute atomic E-state index is 0.00358. The lowest BCUT2D eigenvalue weighted by atomic mass is 10.1. The Morgan fingerprint density at radius 3 is 2.48 bits per heavy atom. The van der Waals surface area contributed by atoms with E-state index in [9.17, 15) is 12.8 Å². The monoisotopic (exact) mass is 310 g/mol. The van der Waals surface area contributed by atoms with Gasteiger partial charge in [-0.2, -0.15) is 0 Å². The van der Waals surface area contributed by atoms with Gasteiger partial charge in [-0.3, -0.25) is 4.98 Å². The first-order chi connectivity index (χ1) is 9.94. The Morgan fingerprint density at radius 2 is 1.90 bits per heavy atom. The number of rotatable bonds is 5. The molecule has 0 aliphatic carbocycles. The molecule has 2 rings (SSSR count). The van der Waals surface area contributed by atoms with Gasteiger partial charge in [0.1, 0.15) is 0 Å². The highest BCUT2D eigenvalue weighted by Crippen LogP contribution is 2.22. The van der Waals surface area contributed by atoms with E-state index in [1.165, 1.54) is 19.2 Å². The van der Waals surface area contributed by atoms with Crippen LogP contribution in [0.2, 0.25) is 0 Å². The second-order valence-electron chi connectivity index (χ2n) is 4.42. The molecule has 0 unspecified atom stereocenters. The zero-order chi connectivity index (χ0) is 15.5. The summed E-state index contributed by atoms with van der Waals surface area (Å²) < 4.78 is 45.3. The van der Waals surface area contributed by atoms with Crippen LogP contribution in [0, 0.1) is 5.82 Å². The third kappa shape index (κ3) is 3.56. The number of methoxy groups -OCH3 is 1. The molecule has 0 saturated heterocycles. The number of nitrogens with zero attached hydrogens (tertiary/aromatic N) is 1. The summed E-state index contributed by atoms with van der Waals surface area (Å²) in [5, 5.41) is 0. The Balaban J connectivity index is 2.24. The molecule has 0 saturated carbocycles. The van der Waals surface area contributed by atoms with Crippen LogP contribution in [-0.4, -0.2) is 20.5 Å². The van der Waals surface area contributed by atoms with E-state index < -0.39 is 21.9 Å². The molecule has 0 aliphatic heterocycles. The average molecular weight is 310 g/mol. The zero-order valence-corrected chi connectivity index (χ0v) is 12.4. The van der Waals surface area contributed by atoms with Crippen molar-refractivity contribution in [2.45, 2.75) is 17.9 Å². The van der Waals surface area contributed by atoms with Crippen molar-refractivity contribution in [3.63, 3.8) is 0 Å². The van der Waals surface area contributed by atoms with Crippen LogP contribution in [0.5, 0.6) is 5.75 Å². The molecule has 21 heavy (non-hydrogen) atoms. The fourth-order valence-electron chi connectivity index (χ4n) is 1.84. The molecule has 5 nitrogen and oxygen atoms in total. The van der Waals surface area contributed by atoms with E-state index in [2.05, 4.69) is 9.71 Å². The van der Waals surface area contributed by atoms with Crippen molar-refractivity contribution < 1.29 is 17.5 Å². The second kappa shape index (κ2) is 6.19. The van der Waals surface area contributed by atoms with E-state index in [0.29, 0.717) is 0 Å². The lowest BCUT2D eigenvalue weighted by Gasteiger charge is -2.14. The van der Waals surface area contributed by atoms with Crippen LogP contribution in [0.1, 0.15) is 18.5 Å². The number of aromatic nitrogens is 1. The highest BCUT2D eigenvalue weighted by Gasteiger charge is 2.20. The summed E-state index contributed by atoms with van der Waals surface area (Å²) in [6.07, 6.45) is 3.15. The van der Waals surface area contributed by atoms with Crippen molar-refractivity contribution in [1.82, 2.24) is 9.71 Å². The van der Waals surface area contributed by atoms with E-state index in [0.717, 1.165) is 11.6 Å². The van der Waals surface area contributed by atoms with Gasteiger partial charge in [-0.25, -0.2) is 17.5 Å². The Morgan fingerprint density at radius 1 is 1.24 bits per heavy atom. The molecule has 0 bridgehead atoms. The number of pyridine rings is 1.